The summed E-state index contributed by atoms with van der Waals surface area (Å²) in [4.78, 5) is 14.2. The molecule has 1 aliphatic heterocycles. The standard InChI is InChI=1S/C14H27NO/c1-14(2,3)13(16)9-5-8-12-15-10-6-4-7-11-15/h4-12H2,1-3H3. The molecule has 1 aliphatic rings. The molecule has 0 aromatic rings. The van der Waals surface area contributed by atoms with E-state index in [9.17, 15) is 4.79 Å². The van der Waals surface area contributed by atoms with Crippen molar-refractivity contribution in [2.24, 2.45) is 5.41 Å². The molecule has 0 aromatic carbocycles. The summed E-state index contributed by atoms with van der Waals surface area (Å²) >= 11 is 0. The van der Waals surface area contributed by atoms with Crippen molar-refractivity contribution < 1.29 is 4.79 Å². The van der Waals surface area contributed by atoms with Crippen LogP contribution in [0.1, 0.15) is 59.3 Å². The maximum absolute atomic E-state index is 11.7. The molecule has 0 unspecified atom stereocenters. The number of hydrogen-bond donors (Lipinski definition) is 0. The van der Waals surface area contributed by atoms with Gasteiger partial charge in [0.2, 0.25) is 0 Å². The third-order valence-corrected chi connectivity index (χ3v) is 3.41. The fourth-order valence-corrected chi connectivity index (χ4v) is 2.18. The van der Waals surface area contributed by atoms with Crippen molar-refractivity contribution in [2.45, 2.75) is 59.3 Å². The normalized spacial score (nSPS) is 18.7. The van der Waals surface area contributed by atoms with Crippen LogP contribution in [0, 0.1) is 5.41 Å². The van der Waals surface area contributed by atoms with Gasteiger partial charge in [-0.15, -0.1) is 0 Å². The molecule has 1 fully saturated rings. The Labute approximate surface area is 100 Å². The van der Waals surface area contributed by atoms with Crippen LogP contribution in [-0.2, 0) is 4.79 Å². The van der Waals surface area contributed by atoms with Crippen molar-refractivity contribution in [1.29, 1.82) is 0 Å². The lowest BCUT2D eigenvalue weighted by Gasteiger charge is -2.26. The zero-order valence-corrected chi connectivity index (χ0v) is 11.2. The highest BCUT2D eigenvalue weighted by Gasteiger charge is 2.20. The van der Waals surface area contributed by atoms with E-state index in [0.717, 1.165) is 12.8 Å². The van der Waals surface area contributed by atoms with E-state index < -0.39 is 0 Å². The van der Waals surface area contributed by atoms with Crippen molar-refractivity contribution in [2.75, 3.05) is 19.6 Å². The predicted octanol–water partition coefficient (Wildman–Crippen LogP) is 3.26. The average molecular weight is 225 g/mol. The first-order chi connectivity index (χ1) is 7.50. The van der Waals surface area contributed by atoms with Crippen molar-refractivity contribution >= 4 is 5.78 Å². The zero-order chi connectivity index (χ0) is 12.0. The van der Waals surface area contributed by atoms with Crippen molar-refractivity contribution in [3.05, 3.63) is 0 Å². The molecule has 0 bridgehead atoms. The molecular formula is C14H27NO. The van der Waals surface area contributed by atoms with Gasteiger partial charge >= 0.3 is 0 Å². The van der Waals surface area contributed by atoms with Gasteiger partial charge in [-0.25, -0.2) is 0 Å². The first-order valence-electron chi connectivity index (χ1n) is 6.76. The Hall–Kier alpha value is -0.370. The molecule has 1 heterocycles. The lowest BCUT2D eigenvalue weighted by Crippen LogP contribution is -2.30. The minimum Gasteiger partial charge on any atom is -0.303 e. The molecule has 0 aliphatic carbocycles. The van der Waals surface area contributed by atoms with Crippen molar-refractivity contribution in [1.82, 2.24) is 4.90 Å². The first-order valence-corrected chi connectivity index (χ1v) is 6.76. The van der Waals surface area contributed by atoms with E-state index in [1.54, 1.807) is 0 Å². The van der Waals surface area contributed by atoms with Gasteiger partial charge in [0.1, 0.15) is 5.78 Å². The summed E-state index contributed by atoms with van der Waals surface area (Å²) in [7, 11) is 0. The summed E-state index contributed by atoms with van der Waals surface area (Å²) in [6.07, 6.45) is 7.13. The Morgan fingerprint density at radius 1 is 1.06 bits per heavy atom. The van der Waals surface area contributed by atoms with E-state index in [-0.39, 0.29) is 5.41 Å². The van der Waals surface area contributed by atoms with Gasteiger partial charge in [0.25, 0.3) is 0 Å². The largest absolute Gasteiger partial charge is 0.303 e. The van der Waals surface area contributed by atoms with Gasteiger partial charge < -0.3 is 4.90 Å². The van der Waals surface area contributed by atoms with Crippen LogP contribution in [0.15, 0.2) is 0 Å². The highest BCUT2D eigenvalue weighted by molar-refractivity contribution is 5.83. The maximum atomic E-state index is 11.7. The number of Topliss-reactive ketones (excluding diaryl/α,β-unsaturated/α-hetero) is 1. The van der Waals surface area contributed by atoms with Crippen molar-refractivity contribution in [3.8, 4) is 0 Å². The first kappa shape index (κ1) is 13.7. The van der Waals surface area contributed by atoms with E-state index in [0.29, 0.717) is 5.78 Å². The zero-order valence-electron chi connectivity index (χ0n) is 11.2. The molecule has 0 spiro atoms. The summed E-state index contributed by atoms with van der Waals surface area (Å²) in [5.74, 6) is 0.408. The second kappa shape index (κ2) is 6.39. The molecule has 0 atom stereocenters. The van der Waals surface area contributed by atoms with E-state index >= 15 is 0 Å². The smallest absolute Gasteiger partial charge is 0.138 e. The minimum absolute atomic E-state index is 0.148. The third-order valence-electron chi connectivity index (χ3n) is 3.41. The summed E-state index contributed by atoms with van der Waals surface area (Å²) < 4.78 is 0. The summed E-state index contributed by atoms with van der Waals surface area (Å²) in [5, 5.41) is 0. The fourth-order valence-electron chi connectivity index (χ4n) is 2.18. The SMILES string of the molecule is CC(C)(C)C(=O)CCCCN1CCCCC1. The van der Waals surface area contributed by atoms with Crippen LogP contribution in [0.3, 0.4) is 0 Å². The molecule has 0 N–H and O–H groups in total. The van der Waals surface area contributed by atoms with Crippen LogP contribution in [0.2, 0.25) is 0 Å². The van der Waals surface area contributed by atoms with Crippen LogP contribution in [0.5, 0.6) is 0 Å². The number of piperidine rings is 1. The second-order valence-corrected chi connectivity index (χ2v) is 6.03. The Bertz CT molecular complexity index is 211. The lowest BCUT2D eigenvalue weighted by atomic mass is 9.88. The maximum Gasteiger partial charge on any atom is 0.138 e. The van der Waals surface area contributed by atoms with Gasteiger partial charge in [0.15, 0.2) is 0 Å². The van der Waals surface area contributed by atoms with Crippen LogP contribution < -0.4 is 0 Å². The van der Waals surface area contributed by atoms with E-state index in [2.05, 4.69) is 4.90 Å². The van der Waals surface area contributed by atoms with Crippen LogP contribution >= 0.6 is 0 Å². The number of likely N-dealkylation sites (tertiary alicyclic amines) is 1. The minimum atomic E-state index is -0.148. The molecule has 2 heteroatoms. The van der Waals surface area contributed by atoms with Crippen LogP contribution in [-0.4, -0.2) is 30.3 Å². The second-order valence-electron chi connectivity index (χ2n) is 6.03. The number of unbranched alkanes of at least 4 members (excludes halogenated alkanes) is 1. The average Bonchev–Trinajstić information content (AvgIpc) is 2.24. The number of hydrogen-bond acceptors (Lipinski definition) is 2. The number of carbonyl (C=O) groups excluding carboxylic acids is 1. The van der Waals surface area contributed by atoms with E-state index in [4.69, 9.17) is 0 Å². The number of carbonyl (C=O) groups is 1. The quantitative estimate of drug-likeness (QED) is 0.669. The Morgan fingerprint density at radius 3 is 2.25 bits per heavy atom. The molecule has 1 saturated heterocycles. The molecule has 16 heavy (non-hydrogen) atoms. The number of rotatable bonds is 5. The Morgan fingerprint density at radius 2 is 1.69 bits per heavy atom. The van der Waals surface area contributed by atoms with Crippen LogP contribution in [0.25, 0.3) is 0 Å². The molecule has 0 radical (unpaired) electrons. The lowest BCUT2D eigenvalue weighted by molar-refractivity contribution is -0.126. The Balaban J connectivity index is 2.05. The van der Waals surface area contributed by atoms with Gasteiger partial charge in [-0.3, -0.25) is 4.79 Å². The molecule has 2 nitrogen and oxygen atoms in total. The third kappa shape index (κ3) is 5.11. The summed E-state index contributed by atoms with van der Waals surface area (Å²) in [6.45, 7) is 9.78. The Kier molecular flexibility index (Phi) is 5.47. The topological polar surface area (TPSA) is 20.3 Å². The number of nitrogens with zero attached hydrogens (tertiary/aromatic N) is 1. The molecule has 1 rings (SSSR count). The van der Waals surface area contributed by atoms with Gasteiger partial charge in [0, 0.05) is 11.8 Å². The summed E-state index contributed by atoms with van der Waals surface area (Å²) in [5.41, 5.74) is -0.148. The molecular weight excluding hydrogens is 198 g/mol. The number of ketones is 1. The van der Waals surface area contributed by atoms with E-state index in [1.807, 2.05) is 20.8 Å². The molecule has 0 saturated carbocycles. The highest BCUT2D eigenvalue weighted by atomic mass is 16.1. The van der Waals surface area contributed by atoms with Gasteiger partial charge in [-0.2, -0.15) is 0 Å². The molecule has 0 aromatic heterocycles. The fraction of sp³-hybridized carbons (Fsp3) is 0.929. The molecule has 94 valence electrons. The van der Waals surface area contributed by atoms with Gasteiger partial charge in [-0.1, -0.05) is 27.2 Å². The van der Waals surface area contributed by atoms with E-state index in [1.165, 1.54) is 45.3 Å². The molecule has 0 amide bonds. The highest BCUT2D eigenvalue weighted by Crippen LogP contribution is 2.18. The predicted molar refractivity (Wildman–Crippen MR) is 68.6 cm³/mol. The van der Waals surface area contributed by atoms with Crippen LogP contribution in [0.4, 0.5) is 0 Å². The van der Waals surface area contributed by atoms with Gasteiger partial charge in [-0.05, 0) is 45.3 Å². The van der Waals surface area contributed by atoms with Gasteiger partial charge in [0.05, 0.1) is 0 Å². The summed E-state index contributed by atoms with van der Waals surface area (Å²) in [6, 6.07) is 0. The van der Waals surface area contributed by atoms with Crippen molar-refractivity contribution in [3.63, 3.8) is 0 Å². The monoisotopic (exact) mass is 225 g/mol.